The minimum Gasteiger partial charge on any atom is -0.366 e. The van der Waals surface area contributed by atoms with Crippen LogP contribution in [0.1, 0.15) is 24.1 Å². The molecule has 2 aromatic carbocycles. The highest BCUT2D eigenvalue weighted by atomic mass is 32.1. The molecule has 1 aliphatic heterocycles. The molecular weight excluding hydrogens is 469 g/mol. The lowest BCUT2D eigenvalue weighted by atomic mass is 9.94. The van der Waals surface area contributed by atoms with Crippen LogP contribution in [-0.4, -0.2) is 28.9 Å². The van der Waals surface area contributed by atoms with E-state index in [1.165, 1.54) is 11.3 Å². The first-order valence-corrected chi connectivity index (χ1v) is 11.4. The van der Waals surface area contributed by atoms with Crippen LogP contribution in [0.5, 0.6) is 0 Å². The molecule has 0 bridgehead atoms. The third-order valence-corrected chi connectivity index (χ3v) is 6.66. The van der Waals surface area contributed by atoms with E-state index < -0.39 is 22.4 Å². The fraction of sp³-hybridized carbons (Fsp3) is 0.304. The number of hydrogen-bond acceptors (Lipinski definition) is 6. The van der Waals surface area contributed by atoms with Crippen LogP contribution in [0.2, 0.25) is 0 Å². The molecular formula is C23H21F3N4O3S. The van der Waals surface area contributed by atoms with E-state index in [0.717, 1.165) is 17.8 Å². The maximum absolute atomic E-state index is 13.5. The molecule has 1 amide bonds. The molecule has 0 spiro atoms. The molecule has 0 atom stereocenters. The number of hydrogen-bond donors (Lipinski definition) is 0. The summed E-state index contributed by atoms with van der Waals surface area (Å²) >= 11 is 1.37. The quantitative estimate of drug-likeness (QED) is 0.326. The Morgan fingerprint density at radius 3 is 2.41 bits per heavy atom. The zero-order chi connectivity index (χ0) is 24.5. The molecule has 1 fully saturated rings. The van der Waals surface area contributed by atoms with Gasteiger partial charge in [-0.2, -0.15) is 13.2 Å². The number of benzene rings is 2. The van der Waals surface area contributed by atoms with Gasteiger partial charge in [0.05, 0.1) is 21.9 Å². The van der Waals surface area contributed by atoms with Crippen LogP contribution in [-0.2, 0) is 11.0 Å². The van der Waals surface area contributed by atoms with Gasteiger partial charge in [0, 0.05) is 30.5 Å². The van der Waals surface area contributed by atoms with Crippen LogP contribution in [0, 0.1) is 23.0 Å². The number of para-hydroxylation sites is 1. The molecule has 1 aliphatic rings. The minimum absolute atomic E-state index is 0.123. The second kappa shape index (κ2) is 9.41. The smallest absolute Gasteiger partial charge is 0.366 e. The Labute approximate surface area is 197 Å². The van der Waals surface area contributed by atoms with Crippen LogP contribution >= 0.6 is 11.3 Å². The predicted octanol–water partition coefficient (Wildman–Crippen LogP) is 5.96. The average molecular weight is 491 g/mol. The lowest BCUT2D eigenvalue weighted by molar-refractivity contribution is -0.384. The maximum atomic E-state index is 13.5. The molecule has 178 valence electrons. The van der Waals surface area contributed by atoms with Gasteiger partial charge in [0.25, 0.3) is 5.69 Å². The van der Waals surface area contributed by atoms with Crippen LogP contribution in [0.15, 0.2) is 53.9 Å². The van der Waals surface area contributed by atoms with Crippen molar-refractivity contribution >= 4 is 39.4 Å². The summed E-state index contributed by atoms with van der Waals surface area (Å²) < 4.78 is 39.1. The van der Waals surface area contributed by atoms with E-state index in [-0.39, 0.29) is 17.5 Å². The summed E-state index contributed by atoms with van der Waals surface area (Å²) in [4.78, 5) is 31.9. The molecule has 0 N–H and O–H groups in total. The summed E-state index contributed by atoms with van der Waals surface area (Å²) in [5.41, 5.74) is -0.0331. The standard InChI is InChI=1S/C23H21F3N4O3S/c1-15-14-34-22(27-15)29(18-5-3-2-4-6-18)21(31)16-9-11-28(12-10-16)19-8-7-17(23(24,25)26)13-20(19)30(32)33/h2-8,13-14,16H,9-12H2,1H3. The molecule has 7 nitrogen and oxygen atoms in total. The van der Waals surface area contributed by atoms with E-state index in [1.54, 1.807) is 9.80 Å². The zero-order valence-electron chi connectivity index (χ0n) is 18.2. The fourth-order valence-electron chi connectivity index (χ4n) is 4.02. The normalized spacial score (nSPS) is 14.8. The number of piperidine rings is 1. The van der Waals surface area contributed by atoms with Gasteiger partial charge in [-0.05, 0) is 44.0 Å². The van der Waals surface area contributed by atoms with E-state index in [9.17, 15) is 28.1 Å². The lowest BCUT2D eigenvalue weighted by Crippen LogP contribution is -2.41. The summed E-state index contributed by atoms with van der Waals surface area (Å²) in [5.74, 6) is -0.476. The van der Waals surface area contributed by atoms with Crippen LogP contribution in [0.3, 0.4) is 0 Å². The molecule has 0 radical (unpaired) electrons. The van der Waals surface area contributed by atoms with Gasteiger partial charge in [-0.15, -0.1) is 11.3 Å². The van der Waals surface area contributed by atoms with Gasteiger partial charge in [-0.1, -0.05) is 18.2 Å². The third kappa shape index (κ3) is 4.89. The number of halogens is 3. The van der Waals surface area contributed by atoms with Crippen molar-refractivity contribution in [1.29, 1.82) is 0 Å². The number of aryl methyl sites for hydroxylation is 1. The molecule has 0 aliphatic carbocycles. The van der Waals surface area contributed by atoms with Crippen molar-refractivity contribution in [2.45, 2.75) is 25.9 Å². The number of carbonyl (C=O) groups is 1. The Balaban J connectivity index is 1.54. The number of alkyl halides is 3. The van der Waals surface area contributed by atoms with E-state index in [2.05, 4.69) is 4.98 Å². The van der Waals surface area contributed by atoms with Crippen molar-refractivity contribution in [1.82, 2.24) is 4.98 Å². The first kappa shape index (κ1) is 23.7. The highest BCUT2D eigenvalue weighted by Gasteiger charge is 2.36. The number of thiazole rings is 1. The third-order valence-electron chi connectivity index (χ3n) is 5.72. The number of anilines is 3. The van der Waals surface area contributed by atoms with Gasteiger partial charge in [-0.3, -0.25) is 19.8 Å². The van der Waals surface area contributed by atoms with Crippen LogP contribution in [0.25, 0.3) is 0 Å². The van der Waals surface area contributed by atoms with Crippen molar-refractivity contribution in [2.75, 3.05) is 22.9 Å². The van der Waals surface area contributed by atoms with E-state index in [1.807, 2.05) is 42.6 Å². The number of aromatic nitrogens is 1. The van der Waals surface area contributed by atoms with Crippen molar-refractivity contribution < 1.29 is 22.9 Å². The van der Waals surface area contributed by atoms with Gasteiger partial charge in [0.2, 0.25) is 5.91 Å². The zero-order valence-corrected chi connectivity index (χ0v) is 19.0. The molecule has 0 saturated carbocycles. The number of nitro groups is 1. The highest BCUT2D eigenvalue weighted by Crippen LogP contribution is 2.38. The molecule has 3 aromatic rings. The number of rotatable bonds is 5. The van der Waals surface area contributed by atoms with E-state index in [4.69, 9.17) is 0 Å². The summed E-state index contributed by atoms with van der Waals surface area (Å²) in [6.45, 7) is 2.47. The second-order valence-corrected chi connectivity index (χ2v) is 8.84. The Morgan fingerprint density at radius 2 is 1.85 bits per heavy atom. The summed E-state index contributed by atoms with van der Waals surface area (Å²) in [7, 11) is 0. The van der Waals surface area contributed by atoms with Crippen LogP contribution < -0.4 is 9.80 Å². The van der Waals surface area contributed by atoms with Crippen molar-refractivity contribution in [3.63, 3.8) is 0 Å². The first-order valence-electron chi connectivity index (χ1n) is 10.6. The van der Waals surface area contributed by atoms with Gasteiger partial charge in [-0.25, -0.2) is 4.98 Å². The van der Waals surface area contributed by atoms with E-state index >= 15 is 0 Å². The molecule has 1 saturated heterocycles. The molecule has 0 unspecified atom stereocenters. The topological polar surface area (TPSA) is 79.6 Å². The monoisotopic (exact) mass is 490 g/mol. The van der Waals surface area contributed by atoms with Crippen molar-refractivity contribution in [3.8, 4) is 0 Å². The van der Waals surface area contributed by atoms with Crippen LogP contribution in [0.4, 0.5) is 35.4 Å². The Bertz CT molecular complexity index is 1190. The number of amides is 1. The first-order chi connectivity index (χ1) is 16.1. The summed E-state index contributed by atoms with van der Waals surface area (Å²) in [6, 6.07) is 11.7. The minimum atomic E-state index is -4.67. The highest BCUT2D eigenvalue weighted by molar-refractivity contribution is 7.14. The molecule has 34 heavy (non-hydrogen) atoms. The SMILES string of the molecule is Cc1csc(N(C(=O)C2CCN(c3ccc(C(F)(F)F)cc3[N+](=O)[O-])CC2)c2ccccc2)n1. The summed E-state index contributed by atoms with van der Waals surface area (Å²) in [5, 5.41) is 13.9. The molecule has 1 aromatic heterocycles. The van der Waals surface area contributed by atoms with Gasteiger partial charge >= 0.3 is 6.18 Å². The Kier molecular flexibility index (Phi) is 6.56. The predicted molar refractivity (Wildman–Crippen MR) is 123 cm³/mol. The molecule has 4 rings (SSSR count). The average Bonchev–Trinajstić information content (AvgIpc) is 3.24. The van der Waals surface area contributed by atoms with Gasteiger partial charge in [0.15, 0.2) is 5.13 Å². The second-order valence-electron chi connectivity index (χ2n) is 8.00. The van der Waals surface area contributed by atoms with E-state index in [0.29, 0.717) is 42.8 Å². The van der Waals surface area contributed by atoms with Crippen molar-refractivity contribution in [3.05, 3.63) is 75.3 Å². The lowest BCUT2D eigenvalue weighted by Gasteiger charge is -2.34. The van der Waals surface area contributed by atoms with Gasteiger partial charge in [0.1, 0.15) is 5.69 Å². The number of nitro benzene ring substituents is 1. The maximum Gasteiger partial charge on any atom is 0.416 e. The van der Waals surface area contributed by atoms with Gasteiger partial charge < -0.3 is 4.90 Å². The largest absolute Gasteiger partial charge is 0.416 e. The molecule has 2 heterocycles. The Hall–Kier alpha value is -3.47. The Morgan fingerprint density at radius 1 is 1.18 bits per heavy atom. The summed E-state index contributed by atoms with van der Waals surface area (Å²) in [6.07, 6.45) is -3.85. The van der Waals surface area contributed by atoms with Crippen molar-refractivity contribution in [2.24, 2.45) is 5.92 Å². The molecule has 11 heteroatoms. The number of nitrogens with zero attached hydrogens (tertiary/aromatic N) is 4. The number of carbonyl (C=O) groups excluding carboxylic acids is 1. The fourth-order valence-corrected chi connectivity index (χ4v) is 4.84.